The highest BCUT2D eigenvalue weighted by Gasteiger charge is 2.27. The van der Waals surface area contributed by atoms with Crippen molar-refractivity contribution >= 4 is 43.3 Å². The van der Waals surface area contributed by atoms with Crippen molar-refractivity contribution in [3.63, 3.8) is 0 Å². The number of nitrogens with two attached hydrogens (primary N) is 1. The van der Waals surface area contributed by atoms with E-state index in [1.165, 1.54) is 11.9 Å². The Kier molecular flexibility index (Phi) is 6.07. The summed E-state index contributed by atoms with van der Waals surface area (Å²) < 4.78 is 27.2. The molecular weight excluding hydrogens is 458 g/mol. The number of aromatic nitrogens is 2. The summed E-state index contributed by atoms with van der Waals surface area (Å²) in [7, 11) is -3.43. The summed E-state index contributed by atoms with van der Waals surface area (Å²) in [6, 6.07) is 6.98. The number of carbonyl (C=O) groups excluding carboxylic acids is 1. The molecule has 1 amide bonds. The largest absolute Gasteiger partial charge is 0.383 e. The Labute approximate surface area is 197 Å². The normalized spacial score (nSPS) is 17.3. The van der Waals surface area contributed by atoms with E-state index in [2.05, 4.69) is 9.97 Å². The number of rotatable bonds is 5. The predicted octanol–water partition coefficient (Wildman–Crippen LogP) is 2.97. The highest BCUT2D eigenvalue weighted by Crippen LogP contribution is 2.36. The SMILES string of the molecule is Nc1ncnc2sc3c(c12)CCN(C(=O)CCc1ccc(S(=O)(=O)N2CCCCC2)cc1)C3. The van der Waals surface area contributed by atoms with Crippen LogP contribution in [0.1, 0.15) is 41.7 Å². The molecule has 2 aliphatic heterocycles. The molecule has 0 radical (unpaired) electrons. The molecule has 0 unspecified atom stereocenters. The third-order valence-electron chi connectivity index (χ3n) is 6.52. The fraction of sp³-hybridized carbons (Fsp3) is 0.435. The van der Waals surface area contributed by atoms with Gasteiger partial charge in [0.2, 0.25) is 15.9 Å². The monoisotopic (exact) mass is 485 g/mol. The Balaban J connectivity index is 1.21. The first kappa shape index (κ1) is 22.2. The van der Waals surface area contributed by atoms with Gasteiger partial charge < -0.3 is 10.6 Å². The van der Waals surface area contributed by atoms with Gasteiger partial charge in [0.05, 0.1) is 16.8 Å². The van der Waals surface area contributed by atoms with Gasteiger partial charge in [0.1, 0.15) is 17.0 Å². The minimum atomic E-state index is -3.43. The summed E-state index contributed by atoms with van der Waals surface area (Å²) >= 11 is 1.58. The molecule has 10 heteroatoms. The lowest BCUT2D eigenvalue weighted by Crippen LogP contribution is -2.35. The maximum atomic E-state index is 12.9. The first-order valence-corrected chi connectivity index (χ1v) is 13.6. The fourth-order valence-corrected chi connectivity index (χ4v) is 7.38. The Hall–Kier alpha value is -2.56. The van der Waals surface area contributed by atoms with Crippen molar-refractivity contribution in [2.75, 3.05) is 25.4 Å². The van der Waals surface area contributed by atoms with Crippen LogP contribution in [0.25, 0.3) is 10.2 Å². The van der Waals surface area contributed by atoms with E-state index < -0.39 is 10.0 Å². The van der Waals surface area contributed by atoms with Crippen LogP contribution in [0.15, 0.2) is 35.5 Å². The smallest absolute Gasteiger partial charge is 0.243 e. The van der Waals surface area contributed by atoms with Crippen LogP contribution >= 0.6 is 11.3 Å². The Morgan fingerprint density at radius 3 is 2.58 bits per heavy atom. The van der Waals surface area contributed by atoms with Crippen molar-refractivity contribution < 1.29 is 13.2 Å². The van der Waals surface area contributed by atoms with Crippen molar-refractivity contribution in [3.05, 3.63) is 46.6 Å². The lowest BCUT2D eigenvalue weighted by molar-refractivity contribution is -0.132. The summed E-state index contributed by atoms with van der Waals surface area (Å²) in [6.07, 6.45) is 6.12. The fourth-order valence-electron chi connectivity index (χ4n) is 4.66. The molecular formula is C23H27N5O3S2. The number of aryl methyl sites for hydroxylation is 1. The number of piperidine rings is 1. The number of thiophene rings is 1. The topological polar surface area (TPSA) is 109 Å². The van der Waals surface area contributed by atoms with Gasteiger partial charge in [-0.3, -0.25) is 4.79 Å². The van der Waals surface area contributed by atoms with Crippen LogP contribution in [-0.2, 0) is 34.2 Å². The lowest BCUT2D eigenvalue weighted by atomic mass is 10.0. The predicted molar refractivity (Wildman–Crippen MR) is 128 cm³/mol. The van der Waals surface area contributed by atoms with Gasteiger partial charge in [-0.2, -0.15) is 4.31 Å². The number of anilines is 1. The van der Waals surface area contributed by atoms with Gasteiger partial charge >= 0.3 is 0 Å². The number of hydrogen-bond acceptors (Lipinski definition) is 7. The van der Waals surface area contributed by atoms with E-state index in [9.17, 15) is 13.2 Å². The zero-order valence-corrected chi connectivity index (χ0v) is 20.0. The molecule has 5 rings (SSSR count). The lowest BCUT2D eigenvalue weighted by Gasteiger charge is -2.27. The van der Waals surface area contributed by atoms with Crippen LogP contribution in [0.2, 0.25) is 0 Å². The van der Waals surface area contributed by atoms with Crippen molar-refractivity contribution in [2.45, 2.75) is 50.0 Å². The average molecular weight is 486 g/mol. The van der Waals surface area contributed by atoms with Gasteiger partial charge in [-0.15, -0.1) is 11.3 Å². The van der Waals surface area contributed by atoms with E-state index in [-0.39, 0.29) is 5.91 Å². The molecule has 1 aromatic carbocycles. The van der Waals surface area contributed by atoms with Crippen LogP contribution in [0.3, 0.4) is 0 Å². The minimum Gasteiger partial charge on any atom is -0.383 e. The first-order chi connectivity index (χ1) is 15.9. The minimum absolute atomic E-state index is 0.0992. The van der Waals surface area contributed by atoms with E-state index in [0.717, 1.165) is 46.3 Å². The molecule has 0 spiro atoms. The second-order valence-electron chi connectivity index (χ2n) is 8.62. The number of carbonyl (C=O) groups is 1. The number of fused-ring (bicyclic) bond motifs is 3. The van der Waals surface area contributed by atoms with Crippen molar-refractivity contribution in [2.24, 2.45) is 0 Å². The summed E-state index contributed by atoms with van der Waals surface area (Å²) in [5.74, 6) is 0.602. The Bertz CT molecular complexity index is 1280. The van der Waals surface area contributed by atoms with Gasteiger partial charge in [0.25, 0.3) is 0 Å². The summed E-state index contributed by atoms with van der Waals surface area (Å²) in [6.45, 7) is 2.41. The van der Waals surface area contributed by atoms with Crippen molar-refractivity contribution in [1.29, 1.82) is 0 Å². The van der Waals surface area contributed by atoms with Crippen LogP contribution in [-0.4, -0.2) is 53.1 Å². The highest BCUT2D eigenvalue weighted by molar-refractivity contribution is 7.89. The molecule has 0 saturated carbocycles. The standard InChI is InChI=1S/C23H27N5O3S2/c24-22-21-18-10-13-27(14-19(18)32-23(21)26-15-25-22)20(29)9-6-16-4-7-17(8-5-16)33(30,31)28-11-2-1-3-12-28/h4-5,7-8,15H,1-3,6,9-14H2,(H2,24,25,26). The highest BCUT2D eigenvalue weighted by atomic mass is 32.2. The first-order valence-electron chi connectivity index (χ1n) is 11.3. The summed E-state index contributed by atoms with van der Waals surface area (Å²) in [5.41, 5.74) is 8.18. The maximum absolute atomic E-state index is 12.9. The number of hydrogen-bond donors (Lipinski definition) is 1. The maximum Gasteiger partial charge on any atom is 0.243 e. The van der Waals surface area contributed by atoms with E-state index in [1.54, 1.807) is 27.8 Å². The molecule has 2 aromatic heterocycles. The molecule has 2 aliphatic rings. The third kappa shape index (κ3) is 4.34. The second-order valence-corrected chi connectivity index (χ2v) is 11.6. The van der Waals surface area contributed by atoms with Gasteiger partial charge in [-0.05, 0) is 48.9 Å². The Morgan fingerprint density at radius 1 is 1.06 bits per heavy atom. The van der Waals surface area contributed by atoms with Crippen LogP contribution < -0.4 is 5.73 Å². The Morgan fingerprint density at radius 2 is 1.82 bits per heavy atom. The van der Waals surface area contributed by atoms with Gasteiger partial charge in [0, 0.05) is 30.9 Å². The van der Waals surface area contributed by atoms with Gasteiger partial charge in [-0.1, -0.05) is 18.6 Å². The molecule has 0 atom stereocenters. The van der Waals surface area contributed by atoms with Gasteiger partial charge in [-0.25, -0.2) is 18.4 Å². The van der Waals surface area contributed by atoms with Crippen molar-refractivity contribution in [1.82, 2.24) is 19.2 Å². The second kappa shape index (κ2) is 9.00. The van der Waals surface area contributed by atoms with E-state index in [1.807, 2.05) is 17.0 Å². The molecule has 0 aliphatic carbocycles. The molecule has 0 bridgehead atoms. The molecule has 3 aromatic rings. The summed E-state index contributed by atoms with van der Waals surface area (Å²) in [4.78, 5) is 25.5. The molecule has 2 N–H and O–H groups in total. The van der Waals surface area contributed by atoms with Crippen molar-refractivity contribution in [3.8, 4) is 0 Å². The van der Waals surface area contributed by atoms with Crippen LogP contribution in [0, 0.1) is 0 Å². The average Bonchev–Trinajstić information content (AvgIpc) is 3.22. The molecule has 4 heterocycles. The van der Waals surface area contributed by atoms with Gasteiger partial charge in [0.15, 0.2) is 0 Å². The number of nitrogens with zero attached hydrogens (tertiary/aromatic N) is 4. The summed E-state index contributed by atoms with van der Waals surface area (Å²) in [5, 5.41) is 0.934. The van der Waals surface area contributed by atoms with E-state index in [4.69, 9.17) is 5.73 Å². The van der Waals surface area contributed by atoms with E-state index >= 15 is 0 Å². The molecule has 8 nitrogen and oxygen atoms in total. The third-order valence-corrected chi connectivity index (χ3v) is 9.56. The quantitative estimate of drug-likeness (QED) is 0.595. The number of nitrogen functional groups attached to an aromatic ring is 1. The van der Waals surface area contributed by atoms with Crippen LogP contribution in [0.4, 0.5) is 5.82 Å². The number of sulfonamides is 1. The number of benzene rings is 1. The molecule has 1 saturated heterocycles. The zero-order valence-electron chi connectivity index (χ0n) is 18.4. The zero-order chi connectivity index (χ0) is 23.0. The van der Waals surface area contributed by atoms with Crippen LogP contribution in [0.5, 0.6) is 0 Å². The molecule has 1 fully saturated rings. The molecule has 174 valence electrons. The van der Waals surface area contributed by atoms with E-state index in [0.29, 0.717) is 49.7 Å². The molecule has 33 heavy (non-hydrogen) atoms. The number of amides is 1.